The number of fused-ring (bicyclic) bond motifs is 1. The van der Waals surface area contributed by atoms with Crippen LogP contribution in [0.4, 0.5) is 0 Å². The fourth-order valence-electron chi connectivity index (χ4n) is 1.17. The molecular weight excluding hydrogens is 142 g/mol. The quantitative estimate of drug-likeness (QED) is 0.539. The Labute approximate surface area is 64.0 Å². The Morgan fingerprint density at radius 3 is 3.55 bits per heavy atom. The molecule has 2 rings (SSSR count). The fourth-order valence-corrected chi connectivity index (χ4v) is 1.17. The SMILES string of the molecule is N#CC1COCc2ccnn21. The Hall–Kier alpha value is -1.34. The second kappa shape index (κ2) is 2.36. The number of nitriles is 1. The highest BCUT2D eigenvalue weighted by molar-refractivity contribution is 5.06. The molecule has 0 amide bonds. The number of nitrogens with zero attached hydrogens (tertiary/aromatic N) is 3. The van der Waals surface area contributed by atoms with Crippen molar-refractivity contribution in [3.63, 3.8) is 0 Å². The average molecular weight is 149 g/mol. The summed E-state index contributed by atoms with van der Waals surface area (Å²) in [5.41, 5.74) is 0.975. The highest BCUT2D eigenvalue weighted by atomic mass is 16.5. The van der Waals surface area contributed by atoms with Crippen LogP contribution in [0.5, 0.6) is 0 Å². The van der Waals surface area contributed by atoms with Crippen LogP contribution >= 0.6 is 0 Å². The van der Waals surface area contributed by atoms with E-state index in [0.717, 1.165) is 5.69 Å². The lowest BCUT2D eigenvalue weighted by Crippen LogP contribution is -2.22. The molecule has 1 aliphatic heterocycles. The Morgan fingerprint density at radius 2 is 2.73 bits per heavy atom. The summed E-state index contributed by atoms with van der Waals surface area (Å²) in [6.07, 6.45) is 1.69. The molecule has 0 N–H and O–H groups in total. The molecule has 1 aliphatic rings. The molecule has 2 heterocycles. The Bertz CT molecular complexity index is 299. The molecule has 0 bridgehead atoms. The first-order chi connectivity index (χ1) is 5.42. The van der Waals surface area contributed by atoms with Gasteiger partial charge in [0.25, 0.3) is 0 Å². The molecular formula is C7H7N3O. The van der Waals surface area contributed by atoms with Gasteiger partial charge in [0.15, 0.2) is 6.04 Å². The van der Waals surface area contributed by atoms with Gasteiger partial charge in [-0.05, 0) is 6.07 Å². The van der Waals surface area contributed by atoms with Crippen molar-refractivity contribution in [1.29, 1.82) is 5.26 Å². The molecule has 1 aromatic heterocycles. The van der Waals surface area contributed by atoms with Crippen LogP contribution in [-0.2, 0) is 11.3 Å². The van der Waals surface area contributed by atoms with Crippen LogP contribution in [0.2, 0.25) is 0 Å². The van der Waals surface area contributed by atoms with E-state index in [1.807, 2.05) is 6.07 Å². The summed E-state index contributed by atoms with van der Waals surface area (Å²) in [4.78, 5) is 0. The summed E-state index contributed by atoms with van der Waals surface area (Å²) < 4.78 is 6.89. The maximum atomic E-state index is 8.67. The third-order valence-electron chi connectivity index (χ3n) is 1.72. The number of rotatable bonds is 0. The van der Waals surface area contributed by atoms with Gasteiger partial charge < -0.3 is 4.74 Å². The minimum absolute atomic E-state index is 0.242. The van der Waals surface area contributed by atoms with Crippen molar-refractivity contribution < 1.29 is 4.74 Å². The summed E-state index contributed by atoms with van der Waals surface area (Å²) >= 11 is 0. The van der Waals surface area contributed by atoms with Crippen molar-refractivity contribution in [2.24, 2.45) is 0 Å². The standard InChI is InChI=1S/C7H7N3O/c8-3-7-5-11-4-6-1-2-9-10(6)7/h1-2,7H,4-5H2. The van der Waals surface area contributed by atoms with Gasteiger partial charge in [0.2, 0.25) is 0 Å². The Morgan fingerprint density at radius 1 is 1.82 bits per heavy atom. The summed E-state index contributed by atoms with van der Waals surface area (Å²) in [6.45, 7) is 1.02. The molecule has 0 saturated heterocycles. The monoisotopic (exact) mass is 149 g/mol. The van der Waals surface area contributed by atoms with E-state index in [1.54, 1.807) is 10.9 Å². The van der Waals surface area contributed by atoms with Crippen molar-refractivity contribution in [2.75, 3.05) is 6.61 Å². The average Bonchev–Trinajstić information content (AvgIpc) is 2.50. The minimum Gasteiger partial charge on any atom is -0.372 e. The lowest BCUT2D eigenvalue weighted by atomic mass is 10.3. The lowest BCUT2D eigenvalue weighted by Gasteiger charge is -2.18. The van der Waals surface area contributed by atoms with E-state index in [-0.39, 0.29) is 6.04 Å². The zero-order valence-electron chi connectivity index (χ0n) is 5.90. The van der Waals surface area contributed by atoms with Gasteiger partial charge in [0.05, 0.1) is 25.0 Å². The van der Waals surface area contributed by atoms with Gasteiger partial charge in [-0.2, -0.15) is 10.4 Å². The van der Waals surface area contributed by atoms with Gasteiger partial charge in [-0.3, -0.25) is 0 Å². The molecule has 4 nitrogen and oxygen atoms in total. The predicted octanol–water partition coefficient (Wildman–Crippen LogP) is 0.478. The zero-order chi connectivity index (χ0) is 7.68. The van der Waals surface area contributed by atoms with E-state index in [0.29, 0.717) is 13.2 Å². The number of aromatic nitrogens is 2. The third kappa shape index (κ3) is 0.900. The maximum Gasteiger partial charge on any atom is 0.162 e. The molecule has 4 heteroatoms. The summed E-state index contributed by atoms with van der Waals surface area (Å²) in [6, 6.07) is 3.74. The summed E-state index contributed by atoms with van der Waals surface area (Å²) in [7, 11) is 0. The molecule has 0 spiro atoms. The van der Waals surface area contributed by atoms with E-state index in [1.165, 1.54) is 0 Å². The van der Waals surface area contributed by atoms with E-state index in [2.05, 4.69) is 11.2 Å². The van der Waals surface area contributed by atoms with Crippen LogP contribution in [0.15, 0.2) is 12.3 Å². The van der Waals surface area contributed by atoms with Gasteiger partial charge in [0, 0.05) is 6.20 Å². The third-order valence-corrected chi connectivity index (χ3v) is 1.72. The molecule has 1 unspecified atom stereocenters. The predicted molar refractivity (Wildman–Crippen MR) is 36.5 cm³/mol. The van der Waals surface area contributed by atoms with Crippen molar-refractivity contribution >= 4 is 0 Å². The fraction of sp³-hybridized carbons (Fsp3) is 0.429. The Kier molecular flexibility index (Phi) is 1.37. The number of hydrogen-bond donors (Lipinski definition) is 0. The molecule has 1 aromatic rings. The minimum atomic E-state index is -0.242. The molecule has 0 saturated carbocycles. The van der Waals surface area contributed by atoms with E-state index in [4.69, 9.17) is 10.00 Å². The smallest absolute Gasteiger partial charge is 0.162 e. The summed E-state index contributed by atoms with van der Waals surface area (Å²) in [5, 5.41) is 12.7. The van der Waals surface area contributed by atoms with Crippen LogP contribution < -0.4 is 0 Å². The topological polar surface area (TPSA) is 50.8 Å². The van der Waals surface area contributed by atoms with Crippen LogP contribution in [0.25, 0.3) is 0 Å². The molecule has 0 radical (unpaired) electrons. The normalized spacial score (nSPS) is 22.3. The van der Waals surface area contributed by atoms with Gasteiger partial charge >= 0.3 is 0 Å². The van der Waals surface area contributed by atoms with E-state index in [9.17, 15) is 0 Å². The van der Waals surface area contributed by atoms with Crippen molar-refractivity contribution in [3.05, 3.63) is 18.0 Å². The number of ether oxygens (including phenoxy) is 1. The highest BCUT2D eigenvalue weighted by Gasteiger charge is 2.19. The highest BCUT2D eigenvalue weighted by Crippen LogP contribution is 2.15. The Balaban J connectivity index is 2.41. The first-order valence-electron chi connectivity index (χ1n) is 3.41. The van der Waals surface area contributed by atoms with Crippen LogP contribution in [0.1, 0.15) is 11.7 Å². The van der Waals surface area contributed by atoms with Crippen molar-refractivity contribution in [3.8, 4) is 6.07 Å². The molecule has 0 aliphatic carbocycles. The molecule has 56 valence electrons. The first-order valence-corrected chi connectivity index (χ1v) is 3.41. The van der Waals surface area contributed by atoms with Gasteiger partial charge in [-0.1, -0.05) is 0 Å². The van der Waals surface area contributed by atoms with Crippen molar-refractivity contribution in [2.45, 2.75) is 12.6 Å². The first kappa shape index (κ1) is 6.38. The van der Waals surface area contributed by atoms with Crippen molar-refractivity contribution in [1.82, 2.24) is 9.78 Å². The second-order valence-corrected chi connectivity index (χ2v) is 2.43. The molecule has 1 atom stereocenters. The summed E-state index contributed by atoms with van der Waals surface area (Å²) in [5.74, 6) is 0. The zero-order valence-corrected chi connectivity index (χ0v) is 5.90. The molecule has 0 fully saturated rings. The van der Waals surface area contributed by atoms with Crippen LogP contribution in [0, 0.1) is 11.3 Å². The van der Waals surface area contributed by atoms with Gasteiger partial charge in [-0.15, -0.1) is 0 Å². The van der Waals surface area contributed by atoms with Crippen LogP contribution in [0.3, 0.4) is 0 Å². The second-order valence-electron chi connectivity index (χ2n) is 2.43. The van der Waals surface area contributed by atoms with Gasteiger partial charge in [-0.25, -0.2) is 4.68 Å². The largest absolute Gasteiger partial charge is 0.372 e. The number of hydrogen-bond acceptors (Lipinski definition) is 3. The molecule has 0 aromatic carbocycles. The maximum absolute atomic E-state index is 8.67. The van der Waals surface area contributed by atoms with Gasteiger partial charge in [0.1, 0.15) is 0 Å². The van der Waals surface area contributed by atoms with E-state index < -0.39 is 0 Å². The van der Waals surface area contributed by atoms with Crippen LogP contribution in [-0.4, -0.2) is 16.4 Å². The van der Waals surface area contributed by atoms with E-state index >= 15 is 0 Å². The lowest BCUT2D eigenvalue weighted by molar-refractivity contribution is 0.0680. The molecule has 11 heavy (non-hydrogen) atoms.